The third-order valence-electron chi connectivity index (χ3n) is 4.54. The Morgan fingerprint density at radius 3 is 2.62 bits per heavy atom. The number of nitrogens with zero attached hydrogens (tertiary/aromatic N) is 3. The van der Waals surface area contributed by atoms with Crippen LogP contribution in [0.15, 0.2) is 52.4 Å². The Morgan fingerprint density at radius 1 is 1.12 bits per heavy atom. The highest BCUT2D eigenvalue weighted by atomic mass is 32.1. The molecule has 0 aliphatic carbocycles. The summed E-state index contributed by atoms with van der Waals surface area (Å²) in [6.07, 6.45) is 1.47. The average Bonchev–Trinajstić information content (AvgIpc) is 3.34. The second-order valence-corrected chi connectivity index (χ2v) is 7.03. The van der Waals surface area contributed by atoms with E-state index in [1.807, 2.05) is 47.8 Å². The Bertz CT molecular complexity index is 765. The Balaban J connectivity index is 1.40. The van der Waals surface area contributed by atoms with Gasteiger partial charge in [0.25, 0.3) is 0 Å². The maximum Gasteiger partial charge on any atom is 0.324 e. The van der Waals surface area contributed by atoms with Crippen LogP contribution in [0.2, 0.25) is 0 Å². The summed E-state index contributed by atoms with van der Waals surface area (Å²) >= 11 is 1.62. The molecule has 1 fully saturated rings. The van der Waals surface area contributed by atoms with Crippen LogP contribution in [-0.2, 0) is 0 Å². The summed E-state index contributed by atoms with van der Waals surface area (Å²) in [6.45, 7) is 1.65. The number of aliphatic hydroxyl groups is 1. The fraction of sp³-hybridized carbons (Fsp3) is 0.333. The standard InChI is InChI=1S/C18H19N3O2S/c22-16(15-7-4-12-24-15)13-8-10-21(11-9-13)18-19-17(20-23-18)14-5-2-1-3-6-14/h1-7,12-13,16,22H,8-11H2. The normalized spacial score (nSPS) is 17.1. The summed E-state index contributed by atoms with van der Waals surface area (Å²) in [5.74, 6) is 0.905. The highest BCUT2D eigenvalue weighted by Crippen LogP contribution is 2.34. The second kappa shape index (κ2) is 6.75. The van der Waals surface area contributed by atoms with E-state index >= 15 is 0 Å². The van der Waals surface area contributed by atoms with Gasteiger partial charge in [-0.1, -0.05) is 41.6 Å². The van der Waals surface area contributed by atoms with Crippen LogP contribution in [0.5, 0.6) is 0 Å². The summed E-state index contributed by atoms with van der Waals surface area (Å²) in [7, 11) is 0. The van der Waals surface area contributed by atoms with Gasteiger partial charge in [-0.15, -0.1) is 11.3 Å². The molecule has 0 bridgehead atoms. The van der Waals surface area contributed by atoms with Gasteiger partial charge in [0.05, 0.1) is 6.10 Å². The van der Waals surface area contributed by atoms with E-state index in [2.05, 4.69) is 15.0 Å². The molecule has 0 spiro atoms. The predicted molar refractivity (Wildman–Crippen MR) is 93.9 cm³/mol. The average molecular weight is 341 g/mol. The molecule has 3 aromatic rings. The van der Waals surface area contributed by atoms with Crippen LogP contribution >= 0.6 is 11.3 Å². The molecular weight excluding hydrogens is 322 g/mol. The van der Waals surface area contributed by atoms with Crippen molar-refractivity contribution in [3.05, 3.63) is 52.7 Å². The van der Waals surface area contributed by atoms with Crippen LogP contribution in [0.4, 0.5) is 6.01 Å². The quantitative estimate of drug-likeness (QED) is 0.783. The Hall–Kier alpha value is -2.18. The van der Waals surface area contributed by atoms with E-state index in [1.54, 1.807) is 11.3 Å². The van der Waals surface area contributed by atoms with Crippen molar-refractivity contribution in [3.63, 3.8) is 0 Å². The Labute approximate surface area is 144 Å². The Morgan fingerprint density at radius 2 is 1.92 bits per heavy atom. The number of aliphatic hydroxyl groups excluding tert-OH is 1. The third-order valence-corrected chi connectivity index (χ3v) is 5.48. The Kier molecular flexibility index (Phi) is 4.32. The van der Waals surface area contributed by atoms with Crippen LogP contribution in [0.25, 0.3) is 11.4 Å². The lowest BCUT2D eigenvalue weighted by Crippen LogP contribution is -2.35. The van der Waals surface area contributed by atoms with E-state index in [1.165, 1.54) is 0 Å². The van der Waals surface area contributed by atoms with Crippen molar-refractivity contribution in [2.45, 2.75) is 18.9 Å². The van der Waals surface area contributed by atoms with Crippen molar-refractivity contribution in [2.75, 3.05) is 18.0 Å². The zero-order valence-electron chi connectivity index (χ0n) is 13.2. The van der Waals surface area contributed by atoms with Gasteiger partial charge < -0.3 is 14.5 Å². The monoisotopic (exact) mass is 341 g/mol. The van der Waals surface area contributed by atoms with E-state index in [0.717, 1.165) is 36.4 Å². The summed E-state index contributed by atoms with van der Waals surface area (Å²) in [5, 5.41) is 16.6. The van der Waals surface area contributed by atoms with Crippen molar-refractivity contribution in [3.8, 4) is 11.4 Å². The minimum absolute atomic E-state index is 0.288. The first kappa shape index (κ1) is 15.4. The number of rotatable bonds is 4. The molecule has 6 heteroatoms. The number of aromatic nitrogens is 2. The summed E-state index contributed by atoms with van der Waals surface area (Å²) in [4.78, 5) is 7.67. The number of benzene rings is 1. The van der Waals surface area contributed by atoms with Gasteiger partial charge >= 0.3 is 6.01 Å². The molecule has 0 amide bonds. The molecular formula is C18H19N3O2S. The van der Waals surface area contributed by atoms with Gasteiger partial charge in [0.15, 0.2) is 0 Å². The fourth-order valence-electron chi connectivity index (χ4n) is 3.15. The van der Waals surface area contributed by atoms with E-state index in [9.17, 15) is 5.11 Å². The molecule has 5 nitrogen and oxygen atoms in total. The molecule has 1 saturated heterocycles. The highest BCUT2D eigenvalue weighted by Gasteiger charge is 2.28. The smallest absolute Gasteiger partial charge is 0.324 e. The SMILES string of the molecule is OC(c1cccs1)C1CCN(c2nc(-c3ccccc3)no2)CC1. The molecule has 0 radical (unpaired) electrons. The number of hydrogen-bond donors (Lipinski definition) is 1. The topological polar surface area (TPSA) is 62.4 Å². The minimum atomic E-state index is -0.366. The molecule has 1 aliphatic heterocycles. The molecule has 1 atom stereocenters. The van der Waals surface area contributed by atoms with Gasteiger partial charge in [0.1, 0.15) is 0 Å². The molecule has 1 aromatic carbocycles. The number of hydrogen-bond acceptors (Lipinski definition) is 6. The number of thiophene rings is 1. The molecule has 0 saturated carbocycles. The van der Waals surface area contributed by atoms with Crippen LogP contribution < -0.4 is 4.90 Å². The van der Waals surface area contributed by atoms with Crippen LogP contribution in [-0.4, -0.2) is 28.3 Å². The molecule has 1 N–H and O–H groups in total. The maximum atomic E-state index is 10.5. The summed E-state index contributed by atoms with van der Waals surface area (Å²) in [6, 6.07) is 14.4. The van der Waals surface area contributed by atoms with Crippen LogP contribution in [0.1, 0.15) is 23.8 Å². The van der Waals surface area contributed by atoms with Crippen molar-refractivity contribution in [1.82, 2.24) is 10.1 Å². The molecule has 3 heterocycles. The molecule has 124 valence electrons. The van der Waals surface area contributed by atoms with Crippen molar-refractivity contribution < 1.29 is 9.63 Å². The van der Waals surface area contributed by atoms with Gasteiger partial charge in [0.2, 0.25) is 5.82 Å². The molecule has 4 rings (SSSR count). The van der Waals surface area contributed by atoms with Gasteiger partial charge in [-0.3, -0.25) is 0 Å². The van der Waals surface area contributed by atoms with Gasteiger partial charge in [0, 0.05) is 23.5 Å². The van der Waals surface area contributed by atoms with Crippen molar-refractivity contribution in [1.29, 1.82) is 0 Å². The number of piperidine rings is 1. The first-order valence-corrected chi connectivity index (χ1v) is 9.05. The summed E-state index contributed by atoms with van der Waals surface area (Å²) in [5.41, 5.74) is 0.954. The molecule has 1 unspecified atom stereocenters. The van der Waals surface area contributed by atoms with Crippen molar-refractivity contribution in [2.24, 2.45) is 5.92 Å². The maximum absolute atomic E-state index is 10.5. The van der Waals surface area contributed by atoms with E-state index < -0.39 is 0 Å². The predicted octanol–water partition coefficient (Wildman–Crippen LogP) is 3.75. The zero-order valence-corrected chi connectivity index (χ0v) is 14.0. The van der Waals surface area contributed by atoms with Gasteiger partial charge in [-0.05, 0) is 30.2 Å². The first-order valence-electron chi connectivity index (χ1n) is 8.17. The van der Waals surface area contributed by atoms with E-state index in [0.29, 0.717) is 11.8 Å². The highest BCUT2D eigenvalue weighted by molar-refractivity contribution is 7.10. The third kappa shape index (κ3) is 3.07. The number of anilines is 1. The van der Waals surface area contributed by atoms with E-state index in [4.69, 9.17) is 4.52 Å². The van der Waals surface area contributed by atoms with E-state index in [-0.39, 0.29) is 12.0 Å². The lowest BCUT2D eigenvalue weighted by Gasteiger charge is -2.32. The molecule has 24 heavy (non-hydrogen) atoms. The van der Waals surface area contributed by atoms with Crippen LogP contribution in [0.3, 0.4) is 0 Å². The first-order chi connectivity index (χ1) is 11.8. The zero-order chi connectivity index (χ0) is 16.4. The lowest BCUT2D eigenvalue weighted by atomic mass is 9.90. The molecule has 1 aliphatic rings. The van der Waals surface area contributed by atoms with Gasteiger partial charge in [-0.2, -0.15) is 4.98 Å². The largest absolute Gasteiger partial charge is 0.387 e. The van der Waals surface area contributed by atoms with Gasteiger partial charge in [-0.25, -0.2) is 0 Å². The second-order valence-electron chi connectivity index (χ2n) is 6.05. The minimum Gasteiger partial charge on any atom is -0.387 e. The van der Waals surface area contributed by atoms with Crippen LogP contribution in [0, 0.1) is 5.92 Å². The fourth-order valence-corrected chi connectivity index (χ4v) is 3.95. The van der Waals surface area contributed by atoms with Crippen molar-refractivity contribution >= 4 is 17.4 Å². The molecule has 2 aromatic heterocycles. The lowest BCUT2D eigenvalue weighted by molar-refractivity contribution is 0.0953. The summed E-state index contributed by atoms with van der Waals surface area (Å²) < 4.78 is 5.43.